The van der Waals surface area contributed by atoms with Crippen LogP contribution in [0, 0.1) is 12.8 Å². The average molecular weight is 307 g/mol. The summed E-state index contributed by atoms with van der Waals surface area (Å²) in [7, 11) is 0. The number of hydrogen-bond donors (Lipinski definition) is 1. The van der Waals surface area contributed by atoms with Gasteiger partial charge in [-0.15, -0.1) is 11.3 Å². The van der Waals surface area contributed by atoms with Crippen LogP contribution in [0.5, 0.6) is 0 Å². The average Bonchev–Trinajstić information content (AvgIpc) is 3.01. The highest BCUT2D eigenvalue weighted by atomic mass is 32.1. The standard InChI is InChI=1S/C14H17N3O3S/c1-7(2)12(18)16-14-11(13-15-8(3)17-20-13)9-4-5-19-6-10(9)21-14/h7H,4-6H2,1-3H3,(H,16,18). The second-order valence-corrected chi connectivity index (χ2v) is 6.41. The van der Waals surface area contributed by atoms with Crippen LogP contribution in [-0.4, -0.2) is 22.7 Å². The second kappa shape index (κ2) is 5.57. The van der Waals surface area contributed by atoms with Gasteiger partial charge in [0.05, 0.1) is 18.8 Å². The van der Waals surface area contributed by atoms with Crippen LogP contribution in [0.4, 0.5) is 5.00 Å². The van der Waals surface area contributed by atoms with Crippen molar-refractivity contribution in [1.29, 1.82) is 0 Å². The van der Waals surface area contributed by atoms with Crippen LogP contribution < -0.4 is 5.32 Å². The highest BCUT2D eigenvalue weighted by Crippen LogP contribution is 2.42. The molecule has 21 heavy (non-hydrogen) atoms. The largest absolute Gasteiger partial charge is 0.376 e. The Bertz CT molecular complexity index is 675. The summed E-state index contributed by atoms with van der Waals surface area (Å²) in [4.78, 5) is 17.4. The van der Waals surface area contributed by atoms with Crippen molar-refractivity contribution in [3.05, 3.63) is 16.3 Å². The molecular weight excluding hydrogens is 290 g/mol. The number of thiophene rings is 1. The predicted molar refractivity (Wildman–Crippen MR) is 79.2 cm³/mol. The molecule has 3 heterocycles. The number of aromatic nitrogens is 2. The third-order valence-corrected chi connectivity index (χ3v) is 4.44. The van der Waals surface area contributed by atoms with E-state index in [0.29, 0.717) is 24.9 Å². The molecular formula is C14H17N3O3S. The van der Waals surface area contributed by atoms with Crippen molar-refractivity contribution in [3.8, 4) is 11.5 Å². The van der Waals surface area contributed by atoms with Crippen LogP contribution in [0.2, 0.25) is 0 Å². The molecule has 0 aliphatic carbocycles. The third kappa shape index (κ3) is 2.71. The van der Waals surface area contributed by atoms with E-state index in [-0.39, 0.29) is 11.8 Å². The highest BCUT2D eigenvalue weighted by Gasteiger charge is 2.27. The van der Waals surface area contributed by atoms with Gasteiger partial charge in [-0.2, -0.15) is 4.98 Å². The van der Waals surface area contributed by atoms with Gasteiger partial charge in [0, 0.05) is 10.8 Å². The minimum Gasteiger partial charge on any atom is -0.376 e. The fraction of sp³-hybridized carbons (Fsp3) is 0.500. The number of amides is 1. The van der Waals surface area contributed by atoms with E-state index in [2.05, 4.69) is 15.5 Å². The number of nitrogens with zero attached hydrogens (tertiary/aromatic N) is 2. The second-order valence-electron chi connectivity index (χ2n) is 5.30. The molecule has 2 aromatic heterocycles. The van der Waals surface area contributed by atoms with Crippen LogP contribution in [0.15, 0.2) is 4.52 Å². The smallest absolute Gasteiger partial charge is 0.261 e. The zero-order valence-corrected chi connectivity index (χ0v) is 13.0. The van der Waals surface area contributed by atoms with Crippen molar-refractivity contribution in [2.45, 2.75) is 33.8 Å². The number of carbonyl (C=O) groups excluding carboxylic acids is 1. The molecule has 1 N–H and O–H groups in total. The minimum absolute atomic E-state index is 0.0213. The van der Waals surface area contributed by atoms with E-state index in [1.165, 1.54) is 11.3 Å². The van der Waals surface area contributed by atoms with E-state index in [9.17, 15) is 4.79 Å². The lowest BCUT2D eigenvalue weighted by Gasteiger charge is -2.12. The molecule has 0 atom stereocenters. The first-order valence-corrected chi connectivity index (χ1v) is 7.71. The summed E-state index contributed by atoms with van der Waals surface area (Å²) in [6, 6.07) is 0. The van der Waals surface area contributed by atoms with Crippen LogP contribution >= 0.6 is 11.3 Å². The van der Waals surface area contributed by atoms with Gasteiger partial charge in [0.15, 0.2) is 5.82 Å². The Hall–Kier alpha value is -1.73. The summed E-state index contributed by atoms with van der Waals surface area (Å²) in [5.41, 5.74) is 2.00. The molecule has 7 heteroatoms. The Morgan fingerprint density at radius 1 is 1.43 bits per heavy atom. The van der Waals surface area contributed by atoms with Gasteiger partial charge in [0.2, 0.25) is 5.91 Å². The number of hydrogen-bond acceptors (Lipinski definition) is 6. The Labute approximate surface area is 126 Å². The summed E-state index contributed by atoms with van der Waals surface area (Å²) < 4.78 is 10.8. The molecule has 0 spiro atoms. The molecule has 2 aromatic rings. The fourth-order valence-electron chi connectivity index (χ4n) is 2.20. The molecule has 0 bridgehead atoms. The molecule has 3 rings (SSSR count). The maximum atomic E-state index is 12.0. The van der Waals surface area contributed by atoms with Gasteiger partial charge in [0.25, 0.3) is 5.89 Å². The number of aryl methyl sites for hydroxylation is 1. The lowest BCUT2D eigenvalue weighted by Crippen LogP contribution is -2.17. The lowest BCUT2D eigenvalue weighted by atomic mass is 10.1. The fourth-order valence-corrected chi connectivity index (χ4v) is 3.38. The maximum Gasteiger partial charge on any atom is 0.261 e. The van der Waals surface area contributed by atoms with Gasteiger partial charge >= 0.3 is 0 Å². The normalized spacial score (nSPS) is 14.3. The zero-order valence-electron chi connectivity index (χ0n) is 12.2. The van der Waals surface area contributed by atoms with Crippen molar-refractivity contribution in [2.24, 2.45) is 5.92 Å². The predicted octanol–water partition coefficient (Wildman–Crippen LogP) is 2.77. The Kier molecular flexibility index (Phi) is 3.77. The van der Waals surface area contributed by atoms with Gasteiger partial charge in [0.1, 0.15) is 5.00 Å². The Morgan fingerprint density at radius 3 is 2.90 bits per heavy atom. The number of rotatable bonds is 3. The zero-order chi connectivity index (χ0) is 15.0. The van der Waals surface area contributed by atoms with E-state index in [4.69, 9.17) is 9.26 Å². The van der Waals surface area contributed by atoms with Gasteiger partial charge in [-0.3, -0.25) is 4.79 Å². The van der Waals surface area contributed by atoms with Crippen molar-refractivity contribution < 1.29 is 14.1 Å². The molecule has 112 valence electrons. The molecule has 0 saturated heterocycles. The van der Waals surface area contributed by atoms with Crippen molar-refractivity contribution in [3.63, 3.8) is 0 Å². The molecule has 0 radical (unpaired) electrons. The Balaban J connectivity index is 2.06. The quantitative estimate of drug-likeness (QED) is 0.943. The van der Waals surface area contributed by atoms with E-state index >= 15 is 0 Å². The topological polar surface area (TPSA) is 77.2 Å². The summed E-state index contributed by atoms with van der Waals surface area (Å²) in [5, 5.41) is 7.59. The lowest BCUT2D eigenvalue weighted by molar-refractivity contribution is -0.118. The SMILES string of the molecule is Cc1noc(-c2c(NC(=O)C(C)C)sc3c2CCOC3)n1. The first-order valence-electron chi connectivity index (χ1n) is 6.90. The van der Waals surface area contributed by atoms with E-state index in [1.54, 1.807) is 6.92 Å². The minimum atomic E-state index is -0.0855. The van der Waals surface area contributed by atoms with Gasteiger partial charge in [-0.1, -0.05) is 19.0 Å². The maximum absolute atomic E-state index is 12.0. The van der Waals surface area contributed by atoms with Gasteiger partial charge in [-0.05, 0) is 18.9 Å². The molecule has 1 aliphatic rings. The van der Waals surface area contributed by atoms with E-state index in [1.807, 2.05) is 13.8 Å². The Morgan fingerprint density at radius 2 is 2.24 bits per heavy atom. The van der Waals surface area contributed by atoms with E-state index in [0.717, 1.165) is 27.4 Å². The molecule has 0 saturated carbocycles. The van der Waals surface area contributed by atoms with Crippen LogP contribution in [0.1, 0.15) is 30.1 Å². The van der Waals surface area contributed by atoms with Crippen LogP contribution in [-0.2, 0) is 22.6 Å². The van der Waals surface area contributed by atoms with Gasteiger partial charge < -0.3 is 14.6 Å². The van der Waals surface area contributed by atoms with Crippen LogP contribution in [0.25, 0.3) is 11.5 Å². The number of nitrogens with one attached hydrogen (secondary N) is 1. The van der Waals surface area contributed by atoms with E-state index < -0.39 is 0 Å². The monoisotopic (exact) mass is 307 g/mol. The number of carbonyl (C=O) groups is 1. The number of anilines is 1. The molecule has 0 fully saturated rings. The number of fused-ring (bicyclic) bond motifs is 1. The summed E-state index contributed by atoms with van der Waals surface area (Å²) >= 11 is 1.53. The summed E-state index contributed by atoms with van der Waals surface area (Å²) in [6.07, 6.45) is 0.792. The van der Waals surface area contributed by atoms with Crippen molar-refractivity contribution in [1.82, 2.24) is 10.1 Å². The molecule has 6 nitrogen and oxygen atoms in total. The van der Waals surface area contributed by atoms with Crippen molar-refractivity contribution >= 4 is 22.2 Å². The van der Waals surface area contributed by atoms with Crippen LogP contribution in [0.3, 0.4) is 0 Å². The highest BCUT2D eigenvalue weighted by molar-refractivity contribution is 7.17. The molecule has 0 aromatic carbocycles. The molecule has 1 aliphatic heterocycles. The van der Waals surface area contributed by atoms with Gasteiger partial charge in [-0.25, -0.2) is 0 Å². The summed E-state index contributed by atoms with van der Waals surface area (Å²) in [6.45, 7) is 6.74. The number of ether oxygens (including phenoxy) is 1. The molecule has 0 unspecified atom stereocenters. The van der Waals surface area contributed by atoms with Crippen molar-refractivity contribution in [2.75, 3.05) is 11.9 Å². The first kappa shape index (κ1) is 14.2. The molecule has 1 amide bonds. The third-order valence-electron chi connectivity index (χ3n) is 3.32. The summed E-state index contributed by atoms with van der Waals surface area (Å²) in [5.74, 6) is 0.939. The first-order chi connectivity index (χ1) is 10.1.